The normalized spacial score (nSPS) is 8.54. The molecule has 0 fully saturated rings. The summed E-state index contributed by atoms with van der Waals surface area (Å²) in [5.74, 6) is -2.61. The van der Waals surface area contributed by atoms with Gasteiger partial charge in [0.25, 0.3) is 5.97 Å². The molecule has 3 N–H and O–H groups in total. The van der Waals surface area contributed by atoms with Crippen LogP contribution in [0, 0.1) is 11.6 Å². The summed E-state index contributed by atoms with van der Waals surface area (Å²) in [4.78, 5) is 9.00. The Balaban J connectivity index is 0.000000310. The summed E-state index contributed by atoms with van der Waals surface area (Å²) < 4.78 is 24.2. The molecule has 5 heteroatoms. The number of halogens is 2. The van der Waals surface area contributed by atoms with Crippen molar-refractivity contribution in [3.05, 3.63) is 29.8 Å². The third kappa shape index (κ3) is 5.60. The van der Waals surface area contributed by atoms with Gasteiger partial charge in [0.2, 0.25) is 0 Å². The Labute approximate surface area is 73.8 Å². The molecule has 13 heavy (non-hydrogen) atoms. The first kappa shape index (κ1) is 11.4. The Morgan fingerprint density at radius 3 is 2.15 bits per heavy atom. The molecule has 72 valence electrons. The van der Waals surface area contributed by atoms with E-state index in [1.54, 1.807) is 0 Å². The molecule has 3 nitrogen and oxygen atoms in total. The van der Waals surface area contributed by atoms with Gasteiger partial charge in [-0.05, 0) is 18.2 Å². The maximum absolute atomic E-state index is 12.1. The summed E-state index contributed by atoms with van der Waals surface area (Å²) in [7, 11) is 0. The molecule has 1 aromatic rings. The Morgan fingerprint density at radius 1 is 1.38 bits per heavy atom. The monoisotopic (exact) mass is 189 g/mol. The molecule has 0 spiro atoms. The molecule has 0 saturated carbocycles. The molecule has 0 aliphatic rings. The quantitative estimate of drug-likeness (QED) is 0.610. The SMILES string of the molecule is CC(=O)O.Nc1ccc(F)c(F)c1. The molecule has 0 unspecified atom stereocenters. The van der Waals surface area contributed by atoms with Crippen LogP contribution in [0.25, 0.3) is 0 Å². The number of aliphatic carboxylic acids is 1. The lowest BCUT2D eigenvalue weighted by molar-refractivity contribution is -0.134. The van der Waals surface area contributed by atoms with Crippen molar-refractivity contribution in [1.82, 2.24) is 0 Å². The fourth-order valence-corrected chi connectivity index (χ4v) is 0.512. The zero-order valence-electron chi connectivity index (χ0n) is 6.92. The lowest BCUT2D eigenvalue weighted by Gasteiger charge is -1.91. The van der Waals surface area contributed by atoms with Crippen molar-refractivity contribution in [1.29, 1.82) is 0 Å². The molecule has 0 bridgehead atoms. The highest BCUT2D eigenvalue weighted by atomic mass is 19.2. The second kappa shape index (κ2) is 5.08. The van der Waals surface area contributed by atoms with Crippen LogP contribution >= 0.6 is 0 Å². The van der Waals surface area contributed by atoms with Gasteiger partial charge < -0.3 is 10.8 Å². The van der Waals surface area contributed by atoms with Crippen molar-refractivity contribution in [2.45, 2.75) is 6.92 Å². The van der Waals surface area contributed by atoms with Gasteiger partial charge in [0.15, 0.2) is 11.6 Å². The molecule has 0 aromatic heterocycles. The van der Waals surface area contributed by atoms with Crippen LogP contribution in [0.5, 0.6) is 0 Å². The average molecular weight is 189 g/mol. The number of carboxylic acid groups (broad SMARTS) is 1. The first-order valence-corrected chi connectivity index (χ1v) is 3.33. The molecule has 1 aromatic carbocycles. The van der Waals surface area contributed by atoms with E-state index >= 15 is 0 Å². The Hall–Kier alpha value is -1.65. The van der Waals surface area contributed by atoms with Gasteiger partial charge in [-0.3, -0.25) is 4.79 Å². The van der Waals surface area contributed by atoms with Crippen LogP contribution in [0.3, 0.4) is 0 Å². The van der Waals surface area contributed by atoms with Crippen molar-refractivity contribution in [3.63, 3.8) is 0 Å². The minimum absolute atomic E-state index is 0.230. The number of anilines is 1. The van der Waals surface area contributed by atoms with Gasteiger partial charge in [0, 0.05) is 12.6 Å². The molecule has 0 atom stereocenters. The third-order valence-electron chi connectivity index (χ3n) is 0.944. The summed E-state index contributed by atoms with van der Waals surface area (Å²) in [6.45, 7) is 1.08. The van der Waals surface area contributed by atoms with E-state index in [0.717, 1.165) is 19.1 Å². The van der Waals surface area contributed by atoms with E-state index in [0.29, 0.717) is 0 Å². The standard InChI is InChI=1S/C6H5F2N.C2H4O2/c7-5-2-1-4(9)3-6(5)8;1-2(3)4/h1-3H,9H2;1H3,(H,3,4). The Bertz CT molecular complexity index is 298. The largest absolute Gasteiger partial charge is 0.481 e. The minimum atomic E-state index is -0.907. The molecule has 0 amide bonds. The van der Waals surface area contributed by atoms with E-state index in [9.17, 15) is 8.78 Å². The van der Waals surface area contributed by atoms with Gasteiger partial charge in [0.05, 0.1) is 0 Å². The van der Waals surface area contributed by atoms with Crippen LogP contribution in [0.4, 0.5) is 14.5 Å². The van der Waals surface area contributed by atoms with Gasteiger partial charge in [0.1, 0.15) is 0 Å². The summed E-state index contributed by atoms with van der Waals surface area (Å²) in [5, 5.41) is 7.42. The van der Waals surface area contributed by atoms with Crippen molar-refractivity contribution < 1.29 is 18.7 Å². The minimum Gasteiger partial charge on any atom is -0.481 e. The number of benzene rings is 1. The van der Waals surface area contributed by atoms with Gasteiger partial charge in [-0.15, -0.1) is 0 Å². The van der Waals surface area contributed by atoms with Gasteiger partial charge in [-0.2, -0.15) is 0 Å². The molecule has 0 aliphatic carbocycles. The van der Waals surface area contributed by atoms with Crippen molar-refractivity contribution in [3.8, 4) is 0 Å². The zero-order valence-corrected chi connectivity index (χ0v) is 6.92. The van der Waals surface area contributed by atoms with E-state index in [4.69, 9.17) is 15.6 Å². The van der Waals surface area contributed by atoms with Crippen LogP contribution < -0.4 is 5.73 Å². The summed E-state index contributed by atoms with van der Waals surface area (Å²) in [5.41, 5.74) is 5.35. The van der Waals surface area contributed by atoms with Gasteiger partial charge >= 0.3 is 0 Å². The van der Waals surface area contributed by atoms with Crippen LogP contribution in [-0.2, 0) is 4.79 Å². The highest BCUT2D eigenvalue weighted by molar-refractivity contribution is 5.62. The third-order valence-corrected chi connectivity index (χ3v) is 0.944. The Morgan fingerprint density at radius 2 is 1.85 bits per heavy atom. The van der Waals surface area contributed by atoms with Crippen LogP contribution in [-0.4, -0.2) is 11.1 Å². The van der Waals surface area contributed by atoms with Crippen LogP contribution in [0.2, 0.25) is 0 Å². The Kier molecular flexibility index (Phi) is 4.43. The van der Waals surface area contributed by atoms with Crippen LogP contribution in [0.1, 0.15) is 6.92 Å². The molecule has 0 saturated heterocycles. The van der Waals surface area contributed by atoms with E-state index in [-0.39, 0.29) is 5.69 Å². The summed E-state index contributed by atoms with van der Waals surface area (Å²) >= 11 is 0. The number of nitrogens with two attached hydrogens (primary N) is 1. The predicted molar refractivity (Wildman–Crippen MR) is 44.1 cm³/mol. The maximum Gasteiger partial charge on any atom is 0.300 e. The zero-order chi connectivity index (χ0) is 10.4. The first-order chi connectivity index (χ1) is 5.93. The lowest BCUT2D eigenvalue weighted by atomic mass is 10.3. The van der Waals surface area contributed by atoms with E-state index in [2.05, 4.69) is 0 Å². The highest BCUT2D eigenvalue weighted by Gasteiger charge is 1.97. The van der Waals surface area contributed by atoms with Crippen molar-refractivity contribution in [2.24, 2.45) is 0 Å². The van der Waals surface area contributed by atoms with E-state index in [1.165, 1.54) is 6.07 Å². The van der Waals surface area contributed by atoms with Gasteiger partial charge in [-0.25, -0.2) is 8.78 Å². The molecule has 0 radical (unpaired) electrons. The molecule has 0 heterocycles. The van der Waals surface area contributed by atoms with Gasteiger partial charge in [-0.1, -0.05) is 0 Å². The number of carboxylic acids is 1. The van der Waals surface area contributed by atoms with Crippen LogP contribution in [0.15, 0.2) is 18.2 Å². The topological polar surface area (TPSA) is 63.3 Å². The van der Waals surface area contributed by atoms with Crippen molar-refractivity contribution in [2.75, 3.05) is 5.73 Å². The molecular formula is C8H9F2NO2. The number of hydrogen-bond acceptors (Lipinski definition) is 2. The number of nitrogen functional groups attached to an aromatic ring is 1. The fraction of sp³-hybridized carbons (Fsp3) is 0.125. The second-order valence-corrected chi connectivity index (χ2v) is 2.19. The first-order valence-electron chi connectivity index (χ1n) is 3.33. The maximum atomic E-state index is 12.1. The molecule has 1 rings (SSSR count). The second-order valence-electron chi connectivity index (χ2n) is 2.19. The fourth-order valence-electron chi connectivity index (χ4n) is 0.512. The molecular weight excluding hydrogens is 180 g/mol. The van der Waals surface area contributed by atoms with E-state index in [1.807, 2.05) is 0 Å². The highest BCUT2D eigenvalue weighted by Crippen LogP contribution is 2.08. The smallest absolute Gasteiger partial charge is 0.300 e. The number of hydrogen-bond donors (Lipinski definition) is 2. The number of rotatable bonds is 0. The predicted octanol–water partition coefficient (Wildman–Crippen LogP) is 1.64. The summed E-state index contributed by atoms with van der Waals surface area (Å²) in [6, 6.07) is 3.23. The molecule has 0 aliphatic heterocycles. The van der Waals surface area contributed by atoms with E-state index < -0.39 is 17.6 Å². The lowest BCUT2D eigenvalue weighted by Crippen LogP contribution is -1.88. The number of carbonyl (C=O) groups is 1. The van der Waals surface area contributed by atoms with Crippen molar-refractivity contribution >= 4 is 11.7 Å². The summed E-state index contributed by atoms with van der Waals surface area (Å²) in [6.07, 6.45) is 0. The average Bonchev–Trinajstić information content (AvgIpc) is 1.96.